The van der Waals surface area contributed by atoms with Crippen molar-refractivity contribution in [1.82, 2.24) is 15.0 Å². The van der Waals surface area contributed by atoms with Crippen LogP contribution in [0.25, 0.3) is 22.5 Å². The fourth-order valence-electron chi connectivity index (χ4n) is 3.22. The van der Waals surface area contributed by atoms with E-state index < -0.39 is 11.7 Å². The molecule has 2 aromatic carbocycles. The summed E-state index contributed by atoms with van der Waals surface area (Å²) in [7, 11) is 1.69. The zero-order valence-corrected chi connectivity index (χ0v) is 16.7. The van der Waals surface area contributed by atoms with E-state index in [1.54, 1.807) is 25.4 Å². The third-order valence-corrected chi connectivity index (χ3v) is 4.77. The molecule has 0 radical (unpaired) electrons. The number of pyridine rings is 1. The van der Waals surface area contributed by atoms with Gasteiger partial charge in [-0.25, -0.2) is 9.97 Å². The number of hydrogen-bond acceptors (Lipinski definition) is 4. The van der Waals surface area contributed by atoms with Crippen molar-refractivity contribution in [3.63, 3.8) is 0 Å². The summed E-state index contributed by atoms with van der Waals surface area (Å²) in [4.78, 5) is 11.9. The average Bonchev–Trinajstić information content (AvgIpc) is 3.23. The third-order valence-electron chi connectivity index (χ3n) is 4.77. The Labute approximate surface area is 177 Å². The lowest BCUT2D eigenvalue weighted by Gasteiger charge is -2.10. The van der Waals surface area contributed by atoms with Crippen LogP contribution in [0.4, 0.5) is 24.9 Å². The van der Waals surface area contributed by atoms with E-state index in [2.05, 4.69) is 25.6 Å². The smallest absolute Gasteiger partial charge is 0.366 e. The molecule has 0 atom stereocenters. The predicted molar refractivity (Wildman–Crippen MR) is 116 cm³/mol. The number of nitrogens with zero attached hydrogens (tertiary/aromatic N) is 2. The zero-order chi connectivity index (χ0) is 21.8. The molecule has 0 amide bonds. The SMILES string of the molecule is CNc1nc(-c2cccc(C(F)(F)F)c2)c(-c2ccnc(NCc3ccccc3)c2)[nH]1. The normalized spacial score (nSPS) is 11.4. The number of anilines is 2. The fraction of sp³-hybridized carbons (Fsp3) is 0.130. The summed E-state index contributed by atoms with van der Waals surface area (Å²) in [6, 6.07) is 18.7. The first-order valence-corrected chi connectivity index (χ1v) is 9.63. The Bertz CT molecular complexity index is 1170. The molecule has 0 fully saturated rings. The Hall–Kier alpha value is -3.81. The molecule has 5 nitrogen and oxygen atoms in total. The Kier molecular flexibility index (Phi) is 5.62. The topological polar surface area (TPSA) is 65.6 Å². The molecule has 0 bridgehead atoms. The number of hydrogen-bond donors (Lipinski definition) is 3. The van der Waals surface area contributed by atoms with Crippen molar-refractivity contribution < 1.29 is 13.2 Å². The average molecular weight is 423 g/mol. The van der Waals surface area contributed by atoms with E-state index in [-0.39, 0.29) is 0 Å². The van der Waals surface area contributed by atoms with Gasteiger partial charge in [0.1, 0.15) is 5.82 Å². The number of H-pyrrole nitrogens is 1. The first-order chi connectivity index (χ1) is 14.9. The molecule has 0 saturated carbocycles. The summed E-state index contributed by atoms with van der Waals surface area (Å²) in [5.74, 6) is 1.11. The lowest BCUT2D eigenvalue weighted by atomic mass is 10.0. The molecule has 158 valence electrons. The maximum Gasteiger partial charge on any atom is 0.416 e. The molecule has 0 aliphatic rings. The van der Waals surface area contributed by atoms with Crippen molar-refractivity contribution in [2.45, 2.75) is 12.7 Å². The maximum absolute atomic E-state index is 13.2. The van der Waals surface area contributed by atoms with Gasteiger partial charge in [0, 0.05) is 30.9 Å². The van der Waals surface area contributed by atoms with E-state index in [4.69, 9.17) is 0 Å². The largest absolute Gasteiger partial charge is 0.416 e. The van der Waals surface area contributed by atoms with Gasteiger partial charge in [0.25, 0.3) is 0 Å². The number of halogens is 3. The molecule has 3 N–H and O–H groups in total. The first-order valence-electron chi connectivity index (χ1n) is 9.63. The summed E-state index contributed by atoms with van der Waals surface area (Å²) in [5.41, 5.74) is 2.55. The molecule has 4 aromatic rings. The van der Waals surface area contributed by atoms with Gasteiger partial charge in [-0.1, -0.05) is 42.5 Å². The minimum atomic E-state index is -4.43. The van der Waals surface area contributed by atoms with Crippen LogP contribution in [0.15, 0.2) is 72.9 Å². The third kappa shape index (κ3) is 4.69. The molecular formula is C23H20F3N5. The highest BCUT2D eigenvalue weighted by molar-refractivity contribution is 5.81. The van der Waals surface area contributed by atoms with Crippen LogP contribution in [0, 0.1) is 0 Å². The number of benzene rings is 2. The highest BCUT2D eigenvalue weighted by atomic mass is 19.4. The molecule has 4 rings (SSSR count). The monoisotopic (exact) mass is 423 g/mol. The molecule has 2 aromatic heterocycles. The summed E-state index contributed by atoms with van der Waals surface area (Å²) in [6.45, 7) is 0.600. The Morgan fingerprint density at radius 1 is 0.935 bits per heavy atom. The number of rotatable bonds is 6. The zero-order valence-electron chi connectivity index (χ0n) is 16.7. The molecule has 0 aliphatic heterocycles. The van der Waals surface area contributed by atoms with Crippen LogP contribution in [-0.2, 0) is 12.7 Å². The van der Waals surface area contributed by atoms with Crippen molar-refractivity contribution >= 4 is 11.8 Å². The lowest BCUT2D eigenvalue weighted by molar-refractivity contribution is -0.137. The second-order valence-corrected chi connectivity index (χ2v) is 6.91. The fourth-order valence-corrected chi connectivity index (χ4v) is 3.22. The van der Waals surface area contributed by atoms with E-state index in [0.717, 1.165) is 23.3 Å². The van der Waals surface area contributed by atoms with Crippen LogP contribution >= 0.6 is 0 Å². The summed E-state index contributed by atoms with van der Waals surface area (Å²) >= 11 is 0. The van der Waals surface area contributed by atoms with Crippen LogP contribution in [0.3, 0.4) is 0 Å². The molecule has 0 aliphatic carbocycles. The second kappa shape index (κ2) is 8.51. The number of imidazole rings is 1. The van der Waals surface area contributed by atoms with Crippen LogP contribution in [0.1, 0.15) is 11.1 Å². The quantitative estimate of drug-likeness (QED) is 0.366. The number of aromatic amines is 1. The van der Waals surface area contributed by atoms with Gasteiger partial charge in [-0.05, 0) is 29.8 Å². The van der Waals surface area contributed by atoms with Crippen molar-refractivity contribution in [3.05, 3.63) is 84.1 Å². The molecule has 8 heteroatoms. The van der Waals surface area contributed by atoms with Crippen molar-refractivity contribution in [1.29, 1.82) is 0 Å². The highest BCUT2D eigenvalue weighted by Crippen LogP contribution is 2.36. The molecule has 2 heterocycles. The van der Waals surface area contributed by atoms with Gasteiger partial charge in [0.05, 0.1) is 17.0 Å². The highest BCUT2D eigenvalue weighted by Gasteiger charge is 2.31. The molecule has 31 heavy (non-hydrogen) atoms. The van der Waals surface area contributed by atoms with Crippen molar-refractivity contribution in [2.75, 3.05) is 17.7 Å². The van der Waals surface area contributed by atoms with Gasteiger partial charge < -0.3 is 15.6 Å². The Morgan fingerprint density at radius 2 is 1.74 bits per heavy atom. The Balaban J connectivity index is 1.68. The van der Waals surface area contributed by atoms with E-state index in [1.807, 2.05) is 36.4 Å². The molecule has 0 saturated heterocycles. The standard InChI is InChI=1S/C23H20F3N5/c1-27-22-30-20(16-8-5-9-18(12-16)23(24,25)26)21(31-22)17-10-11-28-19(13-17)29-14-15-6-3-2-4-7-15/h2-13H,14H2,1H3,(H,28,29)(H2,27,30,31). The van der Waals surface area contributed by atoms with Gasteiger partial charge in [0.15, 0.2) is 0 Å². The maximum atomic E-state index is 13.2. The van der Waals surface area contributed by atoms with Gasteiger partial charge >= 0.3 is 6.18 Å². The number of alkyl halides is 3. The number of aromatic nitrogens is 3. The van der Waals surface area contributed by atoms with Gasteiger partial charge in [0.2, 0.25) is 5.95 Å². The molecule has 0 unspecified atom stereocenters. The summed E-state index contributed by atoms with van der Waals surface area (Å²) in [6.07, 6.45) is -2.78. The van der Waals surface area contributed by atoms with Gasteiger partial charge in [-0.15, -0.1) is 0 Å². The van der Waals surface area contributed by atoms with E-state index in [1.165, 1.54) is 6.07 Å². The van der Waals surface area contributed by atoms with E-state index >= 15 is 0 Å². The van der Waals surface area contributed by atoms with Crippen LogP contribution in [0.5, 0.6) is 0 Å². The Morgan fingerprint density at radius 3 is 2.48 bits per heavy atom. The van der Waals surface area contributed by atoms with Gasteiger partial charge in [-0.2, -0.15) is 13.2 Å². The number of nitrogens with one attached hydrogen (secondary N) is 3. The van der Waals surface area contributed by atoms with Crippen molar-refractivity contribution in [3.8, 4) is 22.5 Å². The summed E-state index contributed by atoms with van der Waals surface area (Å²) < 4.78 is 39.6. The van der Waals surface area contributed by atoms with E-state index in [9.17, 15) is 13.2 Å². The first kappa shape index (κ1) is 20.5. The minimum absolute atomic E-state index is 0.373. The van der Waals surface area contributed by atoms with Crippen molar-refractivity contribution in [2.24, 2.45) is 0 Å². The van der Waals surface area contributed by atoms with E-state index in [0.29, 0.717) is 35.3 Å². The molecule has 0 spiro atoms. The molecular weight excluding hydrogens is 403 g/mol. The van der Waals surface area contributed by atoms with Crippen LogP contribution in [0.2, 0.25) is 0 Å². The summed E-state index contributed by atoms with van der Waals surface area (Å²) in [5, 5.41) is 6.18. The second-order valence-electron chi connectivity index (χ2n) is 6.91. The minimum Gasteiger partial charge on any atom is -0.366 e. The van der Waals surface area contributed by atoms with Crippen LogP contribution < -0.4 is 10.6 Å². The van der Waals surface area contributed by atoms with Gasteiger partial charge in [-0.3, -0.25) is 0 Å². The van der Waals surface area contributed by atoms with Crippen LogP contribution in [-0.4, -0.2) is 22.0 Å². The lowest BCUT2D eigenvalue weighted by Crippen LogP contribution is -2.04. The predicted octanol–water partition coefficient (Wildman–Crippen LogP) is 5.81.